The van der Waals surface area contributed by atoms with E-state index in [0.717, 1.165) is 17.0 Å². The molecule has 25 heavy (non-hydrogen) atoms. The zero-order valence-corrected chi connectivity index (χ0v) is 13.4. The first-order valence-corrected chi connectivity index (χ1v) is 8.07. The second-order valence-corrected chi connectivity index (χ2v) is 5.84. The van der Waals surface area contributed by atoms with Crippen LogP contribution in [0.25, 0.3) is 5.65 Å². The first kappa shape index (κ1) is 15.3. The van der Waals surface area contributed by atoms with E-state index in [1.165, 1.54) is 0 Å². The summed E-state index contributed by atoms with van der Waals surface area (Å²) >= 11 is 0. The molecule has 1 aliphatic rings. The normalized spacial score (nSPS) is 16.3. The second-order valence-electron chi connectivity index (χ2n) is 5.84. The van der Waals surface area contributed by atoms with Crippen LogP contribution in [0.4, 0.5) is 0 Å². The molecule has 1 N–H and O–H groups in total. The van der Waals surface area contributed by atoms with Crippen LogP contribution in [-0.4, -0.2) is 39.1 Å². The van der Waals surface area contributed by atoms with E-state index in [9.17, 15) is 9.59 Å². The third kappa shape index (κ3) is 2.96. The summed E-state index contributed by atoms with van der Waals surface area (Å²) in [7, 11) is 0. The Balaban J connectivity index is 1.38. The highest BCUT2D eigenvalue weighted by Gasteiger charge is 2.30. The number of benzene rings is 1. The highest BCUT2D eigenvalue weighted by Crippen LogP contribution is 2.20. The molecule has 4 rings (SSSR count). The standard InChI is InChI=1S/C18H16N4O3/c23-17(14-11-12-5-1-2-6-13(12)18(24)25-14)19-9-8-16-21-20-15-7-3-4-10-22(15)16/h1-7,10,14H,8-9,11H2,(H,19,23)/t14-/m0/s1. The van der Waals surface area contributed by atoms with Crippen LogP contribution >= 0.6 is 0 Å². The number of aromatic nitrogens is 3. The molecule has 0 radical (unpaired) electrons. The molecule has 0 fully saturated rings. The molecule has 3 heterocycles. The van der Waals surface area contributed by atoms with Gasteiger partial charge in [0.2, 0.25) is 0 Å². The maximum Gasteiger partial charge on any atom is 0.339 e. The highest BCUT2D eigenvalue weighted by atomic mass is 16.5. The summed E-state index contributed by atoms with van der Waals surface area (Å²) in [4.78, 5) is 24.3. The highest BCUT2D eigenvalue weighted by molar-refractivity contribution is 5.95. The van der Waals surface area contributed by atoms with E-state index < -0.39 is 12.1 Å². The van der Waals surface area contributed by atoms with Crippen molar-refractivity contribution in [1.29, 1.82) is 0 Å². The summed E-state index contributed by atoms with van der Waals surface area (Å²) < 4.78 is 7.13. The fraction of sp³-hybridized carbons (Fsp3) is 0.222. The first-order valence-electron chi connectivity index (χ1n) is 8.07. The van der Waals surface area contributed by atoms with Crippen molar-refractivity contribution in [2.45, 2.75) is 18.9 Å². The molecule has 7 heteroatoms. The number of hydrogen-bond donors (Lipinski definition) is 1. The summed E-state index contributed by atoms with van der Waals surface area (Å²) in [6, 6.07) is 12.9. The van der Waals surface area contributed by atoms with E-state index in [0.29, 0.717) is 24.9 Å². The van der Waals surface area contributed by atoms with Crippen molar-refractivity contribution in [2.75, 3.05) is 6.54 Å². The number of amides is 1. The molecule has 1 amide bonds. The number of esters is 1. The van der Waals surface area contributed by atoms with Crippen LogP contribution < -0.4 is 5.32 Å². The van der Waals surface area contributed by atoms with Gasteiger partial charge in [0.1, 0.15) is 5.82 Å². The molecule has 1 aliphatic heterocycles. The van der Waals surface area contributed by atoms with Gasteiger partial charge in [-0.25, -0.2) is 4.79 Å². The Labute approximate surface area is 143 Å². The van der Waals surface area contributed by atoms with Gasteiger partial charge in [-0.15, -0.1) is 10.2 Å². The Morgan fingerprint density at radius 1 is 1.20 bits per heavy atom. The minimum Gasteiger partial charge on any atom is -0.448 e. The van der Waals surface area contributed by atoms with E-state index in [1.807, 2.05) is 40.9 Å². The number of pyridine rings is 1. The van der Waals surface area contributed by atoms with Crippen LogP contribution in [0.15, 0.2) is 48.7 Å². The van der Waals surface area contributed by atoms with Crippen LogP contribution in [0.1, 0.15) is 21.7 Å². The lowest BCUT2D eigenvalue weighted by Gasteiger charge is -2.23. The maximum atomic E-state index is 12.3. The molecule has 2 aromatic heterocycles. The van der Waals surface area contributed by atoms with E-state index in [-0.39, 0.29) is 5.91 Å². The number of carbonyl (C=O) groups excluding carboxylic acids is 2. The molecule has 1 aromatic carbocycles. The van der Waals surface area contributed by atoms with E-state index >= 15 is 0 Å². The fourth-order valence-electron chi connectivity index (χ4n) is 2.95. The van der Waals surface area contributed by atoms with Crippen molar-refractivity contribution in [2.24, 2.45) is 0 Å². The molecular weight excluding hydrogens is 320 g/mol. The first-order chi connectivity index (χ1) is 12.2. The largest absolute Gasteiger partial charge is 0.448 e. The lowest BCUT2D eigenvalue weighted by molar-refractivity contribution is -0.130. The zero-order chi connectivity index (χ0) is 17.2. The van der Waals surface area contributed by atoms with Crippen LogP contribution in [0.2, 0.25) is 0 Å². The Morgan fingerprint density at radius 2 is 2.04 bits per heavy atom. The van der Waals surface area contributed by atoms with Gasteiger partial charge in [-0.1, -0.05) is 24.3 Å². The SMILES string of the molecule is O=C1O[C@H](C(=O)NCCc2nnc3ccccn23)Cc2ccccc21. The van der Waals surface area contributed by atoms with Gasteiger partial charge in [0, 0.05) is 25.6 Å². The smallest absolute Gasteiger partial charge is 0.339 e. The average molecular weight is 336 g/mol. The number of rotatable bonds is 4. The van der Waals surface area contributed by atoms with Crippen molar-refractivity contribution in [3.8, 4) is 0 Å². The zero-order valence-electron chi connectivity index (χ0n) is 13.4. The van der Waals surface area contributed by atoms with Gasteiger partial charge in [0.05, 0.1) is 5.56 Å². The predicted octanol–water partition coefficient (Wildman–Crippen LogP) is 1.17. The Morgan fingerprint density at radius 3 is 2.96 bits per heavy atom. The molecule has 0 unspecified atom stereocenters. The van der Waals surface area contributed by atoms with E-state index in [2.05, 4.69) is 15.5 Å². The summed E-state index contributed by atoms with van der Waals surface area (Å²) in [6.07, 6.45) is 2.01. The Hall–Kier alpha value is -3.22. The molecule has 7 nitrogen and oxygen atoms in total. The van der Waals surface area contributed by atoms with Crippen LogP contribution in [0, 0.1) is 0 Å². The van der Waals surface area contributed by atoms with Crippen LogP contribution in [-0.2, 0) is 22.4 Å². The van der Waals surface area contributed by atoms with Crippen LogP contribution in [0.5, 0.6) is 0 Å². The third-order valence-corrected chi connectivity index (χ3v) is 4.22. The molecular formula is C18H16N4O3. The van der Waals surface area contributed by atoms with E-state index in [4.69, 9.17) is 4.74 Å². The number of hydrogen-bond acceptors (Lipinski definition) is 5. The Bertz CT molecular complexity index is 950. The average Bonchev–Trinajstić information content (AvgIpc) is 3.05. The number of cyclic esters (lactones) is 1. The Kier molecular flexibility index (Phi) is 3.89. The topological polar surface area (TPSA) is 85.6 Å². The molecule has 1 atom stereocenters. The number of nitrogens with zero attached hydrogens (tertiary/aromatic N) is 3. The lowest BCUT2D eigenvalue weighted by Crippen LogP contribution is -2.42. The molecule has 0 saturated heterocycles. The molecule has 3 aromatic rings. The third-order valence-electron chi connectivity index (χ3n) is 4.22. The fourth-order valence-corrected chi connectivity index (χ4v) is 2.95. The van der Waals surface area contributed by atoms with Gasteiger partial charge in [0.15, 0.2) is 11.8 Å². The minimum atomic E-state index is -0.794. The molecule has 0 bridgehead atoms. The van der Waals surface area contributed by atoms with Gasteiger partial charge in [-0.05, 0) is 23.8 Å². The summed E-state index contributed by atoms with van der Waals surface area (Å²) in [6.45, 7) is 0.393. The molecule has 0 saturated carbocycles. The second kappa shape index (κ2) is 6.35. The van der Waals surface area contributed by atoms with Crippen LogP contribution in [0.3, 0.4) is 0 Å². The predicted molar refractivity (Wildman–Crippen MR) is 89.1 cm³/mol. The summed E-state index contributed by atoms with van der Waals surface area (Å²) in [5.74, 6) is 0.0176. The summed E-state index contributed by atoms with van der Waals surface area (Å²) in [5.41, 5.74) is 2.13. The van der Waals surface area contributed by atoms with Gasteiger partial charge in [-0.3, -0.25) is 9.20 Å². The van der Waals surface area contributed by atoms with Gasteiger partial charge in [-0.2, -0.15) is 0 Å². The quantitative estimate of drug-likeness (QED) is 0.723. The lowest BCUT2D eigenvalue weighted by atomic mass is 9.98. The van der Waals surface area contributed by atoms with Gasteiger partial charge in [0.25, 0.3) is 5.91 Å². The van der Waals surface area contributed by atoms with Crippen molar-refractivity contribution in [3.05, 3.63) is 65.6 Å². The van der Waals surface area contributed by atoms with Crippen molar-refractivity contribution in [1.82, 2.24) is 19.9 Å². The van der Waals surface area contributed by atoms with Gasteiger partial charge >= 0.3 is 5.97 Å². The summed E-state index contributed by atoms with van der Waals surface area (Å²) in [5, 5.41) is 11.0. The van der Waals surface area contributed by atoms with Crippen molar-refractivity contribution >= 4 is 17.5 Å². The monoisotopic (exact) mass is 336 g/mol. The minimum absolute atomic E-state index is 0.295. The van der Waals surface area contributed by atoms with Crippen molar-refractivity contribution in [3.63, 3.8) is 0 Å². The number of carbonyl (C=O) groups is 2. The molecule has 126 valence electrons. The maximum absolute atomic E-state index is 12.3. The van der Waals surface area contributed by atoms with Gasteiger partial charge < -0.3 is 10.1 Å². The number of ether oxygens (including phenoxy) is 1. The number of fused-ring (bicyclic) bond motifs is 2. The molecule has 0 spiro atoms. The number of nitrogens with one attached hydrogen (secondary N) is 1. The molecule has 0 aliphatic carbocycles. The van der Waals surface area contributed by atoms with Crippen molar-refractivity contribution < 1.29 is 14.3 Å². The van der Waals surface area contributed by atoms with E-state index in [1.54, 1.807) is 12.1 Å².